The molecular formula is C12H17F2NO. The number of alkyl halides is 2. The maximum atomic E-state index is 13.8. The zero-order valence-corrected chi connectivity index (χ0v) is 9.81. The van der Waals surface area contributed by atoms with E-state index in [0.29, 0.717) is 0 Å². The molecule has 4 heteroatoms. The summed E-state index contributed by atoms with van der Waals surface area (Å²) in [6.07, 6.45) is 0.729. The number of aryl methyl sites for hydroxylation is 1. The zero-order valence-electron chi connectivity index (χ0n) is 9.81. The summed E-state index contributed by atoms with van der Waals surface area (Å²) in [6.45, 7) is 1.54. The maximum Gasteiger partial charge on any atom is 0.288 e. The maximum absolute atomic E-state index is 13.8. The Morgan fingerprint density at radius 3 is 2.56 bits per heavy atom. The first-order valence-electron chi connectivity index (χ1n) is 5.25. The fourth-order valence-electron chi connectivity index (χ4n) is 1.58. The Hall–Kier alpha value is -1.16. The molecule has 90 valence electrons. The van der Waals surface area contributed by atoms with Crippen molar-refractivity contribution in [3.8, 4) is 5.75 Å². The smallest absolute Gasteiger partial charge is 0.288 e. The van der Waals surface area contributed by atoms with Crippen LogP contribution in [0, 0.1) is 0 Å². The third-order valence-corrected chi connectivity index (χ3v) is 2.46. The first-order valence-corrected chi connectivity index (χ1v) is 5.25. The lowest BCUT2D eigenvalue weighted by molar-refractivity contribution is -0.00348. The highest BCUT2D eigenvalue weighted by Gasteiger charge is 2.34. The Balaban J connectivity index is 3.17. The van der Waals surface area contributed by atoms with Gasteiger partial charge in [0.2, 0.25) is 0 Å². The SMILES string of the molecule is CCc1ccc(OC)c(C(F)(F)CNC)c1. The first kappa shape index (κ1) is 12.9. The summed E-state index contributed by atoms with van der Waals surface area (Å²) >= 11 is 0. The molecular weight excluding hydrogens is 212 g/mol. The van der Waals surface area contributed by atoms with Crippen molar-refractivity contribution in [2.75, 3.05) is 20.7 Å². The van der Waals surface area contributed by atoms with Gasteiger partial charge in [0, 0.05) is 0 Å². The standard InChI is InChI=1S/C12H17F2NO/c1-4-9-5-6-11(16-3)10(7-9)12(13,14)8-15-2/h5-7,15H,4,8H2,1-3H3. The van der Waals surface area contributed by atoms with Gasteiger partial charge in [0.1, 0.15) is 5.75 Å². The quantitative estimate of drug-likeness (QED) is 0.837. The van der Waals surface area contributed by atoms with Crippen molar-refractivity contribution < 1.29 is 13.5 Å². The molecule has 1 rings (SSSR count). The number of benzene rings is 1. The van der Waals surface area contributed by atoms with Gasteiger partial charge in [-0.05, 0) is 31.2 Å². The predicted octanol–water partition coefficient (Wildman–Crippen LogP) is 2.57. The lowest BCUT2D eigenvalue weighted by Gasteiger charge is -2.19. The van der Waals surface area contributed by atoms with Gasteiger partial charge < -0.3 is 10.1 Å². The highest BCUT2D eigenvalue weighted by molar-refractivity contribution is 5.40. The molecule has 0 atom stereocenters. The summed E-state index contributed by atoms with van der Waals surface area (Å²) in [5, 5.41) is 2.49. The second-order valence-electron chi connectivity index (χ2n) is 3.62. The molecule has 1 N–H and O–H groups in total. The lowest BCUT2D eigenvalue weighted by atomic mass is 10.0. The van der Waals surface area contributed by atoms with Crippen LogP contribution >= 0.6 is 0 Å². The normalized spacial score (nSPS) is 11.6. The highest BCUT2D eigenvalue weighted by Crippen LogP contribution is 2.35. The highest BCUT2D eigenvalue weighted by atomic mass is 19.3. The van der Waals surface area contributed by atoms with Gasteiger partial charge in [0.25, 0.3) is 5.92 Å². The topological polar surface area (TPSA) is 21.3 Å². The van der Waals surface area contributed by atoms with Gasteiger partial charge in [-0.1, -0.05) is 13.0 Å². The van der Waals surface area contributed by atoms with Crippen LogP contribution in [0.1, 0.15) is 18.1 Å². The van der Waals surface area contributed by atoms with Crippen LogP contribution in [0.5, 0.6) is 5.75 Å². The third-order valence-electron chi connectivity index (χ3n) is 2.46. The third kappa shape index (κ3) is 2.70. The van der Waals surface area contributed by atoms with E-state index in [1.807, 2.05) is 6.92 Å². The molecule has 0 spiro atoms. The molecule has 0 aliphatic rings. The molecule has 0 heterocycles. The number of methoxy groups -OCH3 is 1. The minimum Gasteiger partial charge on any atom is -0.496 e. The molecule has 0 aliphatic heterocycles. The number of rotatable bonds is 5. The summed E-state index contributed by atoms with van der Waals surface area (Å²) in [6, 6.07) is 4.91. The van der Waals surface area contributed by atoms with Crippen LogP contribution in [-0.2, 0) is 12.3 Å². The van der Waals surface area contributed by atoms with Crippen LogP contribution in [0.2, 0.25) is 0 Å². The van der Waals surface area contributed by atoms with Crippen molar-refractivity contribution in [1.29, 1.82) is 0 Å². The first-order chi connectivity index (χ1) is 7.55. The molecule has 1 aromatic rings. The molecule has 0 bridgehead atoms. The van der Waals surface area contributed by atoms with Gasteiger partial charge in [-0.3, -0.25) is 0 Å². The number of hydrogen-bond acceptors (Lipinski definition) is 2. The number of halogens is 2. The van der Waals surface area contributed by atoms with E-state index in [4.69, 9.17) is 4.74 Å². The molecule has 0 saturated carbocycles. The summed E-state index contributed by atoms with van der Waals surface area (Å²) in [7, 11) is 2.91. The average Bonchev–Trinajstić information content (AvgIpc) is 2.28. The van der Waals surface area contributed by atoms with E-state index in [-0.39, 0.29) is 11.3 Å². The molecule has 0 aliphatic carbocycles. The fraction of sp³-hybridized carbons (Fsp3) is 0.500. The average molecular weight is 229 g/mol. The lowest BCUT2D eigenvalue weighted by Crippen LogP contribution is -2.28. The summed E-state index contributed by atoms with van der Waals surface area (Å²) in [5.74, 6) is -2.68. The fourth-order valence-corrected chi connectivity index (χ4v) is 1.58. The van der Waals surface area contributed by atoms with Gasteiger partial charge in [-0.15, -0.1) is 0 Å². The van der Waals surface area contributed by atoms with Gasteiger partial charge in [0.15, 0.2) is 0 Å². The molecule has 0 amide bonds. The minimum atomic E-state index is -2.91. The van der Waals surface area contributed by atoms with Crippen LogP contribution in [-0.4, -0.2) is 20.7 Å². The van der Waals surface area contributed by atoms with Crippen LogP contribution < -0.4 is 10.1 Å². The van der Waals surface area contributed by atoms with Crippen molar-refractivity contribution in [1.82, 2.24) is 5.32 Å². The van der Waals surface area contributed by atoms with Crippen molar-refractivity contribution in [3.05, 3.63) is 29.3 Å². The van der Waals surface area contributed by atoms with E-state index in [0.717, 1.165) is 12.0 Å². The summed E-state index contributed by atoms with van der Waals surface area (Å²) in [4.78, 5) is 0. The second-order valence-corrected chi connectivity index (χ2v) is 3.62. The largest absolute Gasteiger partial charge is 0.496 e. The Bertz CT molecular complexity index is 353. The van der Waals surface area contributed by atoms with Crippen molar-refractivity contribution in [3.63, 3.8) is 0 Å². The van der Waals surface area contributed by atoms with E-state index >= 15 is 0 Å². The molecule has 16 heavy (non-hydrogen) atoms. The van der Waals surface area contributed by atoms with Crippen LogP contribution in [0.4, 0.5) is 8.78 Å². The van der Waals surface area contributed by atoms with Crippen LogP contribution in [0.15, 0.2) is 18.2 Å². The molecule has 2 nitrogen and oxygen atoms in total. The van der Waals surface area contributed by atoms with Gasteiger partial charge in [0.05, 0.1) is 19.2 Å². The van der Waals surface area contributed by atoms with Crippen LogP contribution in [0.3, 0.4) is 0 Å². The van der Waals surface area contributed by atoms with Gasteiger partial charge in [-0.25, -0.2) is 0 Å². The van der Waals surface area contributed by atoms with E-state index in [1.54, 1.807) is 12.1 Å². The van der Waals surface area contributed by atoms with E-state index < -0.39 is 12.5 Å². The molecule has 0 radical (unpaired) electrons. The van der Waals surface area contributed by atoms with Gasteiger partial charge >= 0.3 is 0 Å². The summed E-state index contributed by atoms with van der Waals surface area (Å²) in [5.41, 5.74) is 0.829. The van der Waals surface area contributed by atoms with E-state index in [9.17, 15) is 8.78 Å². The van der Waals surface area contributed by atoms with Crippen molar-refractivity contribution >= 4 is 0 Å². The number of ether oxygens (including phenoxy) is 1. The predicted molar refractivity (Wildman–Crippen MR) is 60.2 cm³/mol. The number of nitrogens with one attached hydrogen (secondary N) is 1. The molecule has 0 aromatic heterocycles. The minimum absolute atomic E-state index is 0.0521. The Morgan fingerprint density at radius 2 is 2.06 bits per heavy atom. The van der Waals surface area contributed by atoms with Crippen molar-refractivity contribution in [2.24, 2.45) is 0 Å². The monoisotopic (exact) mass is 229 g/mol. The van der Waals surface area contributed by atoms with Crippen molar-refractivity contribution in [2.45, 2.75) is 19.3 Å². The Labute approximate surface area is 94.6 Å². The number of likely N-dealkylation sites (N-methyl/N-ethyl adjacent to an activating group) is 1. The molecule has 1 aromatic carbocycles. The number of hydrogen-bond donors (Lipinski definition) is 1. The molecule has 0 unspecified atom stereocenters. The molecule has 0 saturated heterocycles. The van der Waals surface area contributed by atoms with E-state index in [2.05, 4.69) is 5.32 Å². The van der Waals surface area contributed by atoms with E-state index in [1.165, 1.54) is 20.2 Å². The summed E-state index contributed by atoms with van der Waals surface area (Å²) < 4.78 is 32.5. The van der Waals surface area contributed by atoms with Crippen LogP contribution in [0.25, 0.3) is 0 Å². The second kappa shape index (κ2) is 5.25. The Kier molecular flexibility index (Phi) is 4.24. The zero-order chi connectivity index (χ0) is 12.2. The van der Waals surface area contributed by atoms with Gasteiger partial charge in [-0.2, -0.15) is 8.78 Å². The Morgan fingerprint density at radius 1 is 1.38 bits per heavy atom. The molecule has 0 fully saturated rings.